The summed E-state index contributed by atoms with van der Waals surface area (Å²) in [6, 6.07) is 4.09. The van der Waals surface area contributed by atoms with Gasteiger partial charge in [0.2, 0.25) is 5.91 Å². The molecule has 0 saturated carbocycles. The molecule has 1 unspecified atom stereocenters. The Hall–Kier alpha value is -2.11. The summed E-state index contributed by atoms with van der Waals surface area (Å²) < 4.78 is 0. The van der Waals surface area contributed by atoms with E-state index in [9.17, 15) is 4.79 Å². The lowest BCUT2D eigenvalue weighted by Gasteiger charge is -2.40. The van der Waals surface area contributed by atoms with Crippen LogP contribution in [0.2, 0.25) is 0 Å². The van der Waals surface area contributed by atoms with Crippen molar-refractivity contribution in [1.82, 2.24) is 20.5 Å². The number of rotatable bonds is 3. The fourth-order valence-corrected chi connectivity index (χ4v) is 3.61. The molecule has 6 heteroatoms. The molecule has 24 heavy (non-hydrogen) atoms. The molecule has 1 spiro atoms. The molecule has 2 aliphatic heterocycles. The van der Waals surface area contributed by atoms with Gasteiger partial charge in [-0.15, -0.1) is 0 Å². The molecule has 3 rings (SSSR count). The summed E-state index contributed by atoms with van der Waals surface area (Å²) >= 11 is 0. The SMILES string of the molecule is CCNC(=NCc1ccc(C)nc1)N1CCCC2(CNC(=O)C2)C1. The Labute approximate surface area is 143 Å². The third kappa shape index (κ3) is 3.86. The average molecular weight is 329 g/mol. The maximum atomic E-state index is 11.7. The van der Waals surface area contributed by atoms with Crippen molar-refractivity contribution in [3.8, 4) is 0 Å². The lowest BCUT2D eigenvalue weighted by molar-refractivity contribution is -0.119. The van der Waals surface area contributed by atoms with Crippen LogP contribution in [0.15, 0.2) is 23.3 Å². The third-order valence-corrected chi connectivity index (χ3v) is 4.88. The molecule has 2 N–H and O–H groups in total. The number of piperidine rings is 1. The van der Waals surface area contributed by atoms with E-state index in [0.29, 0.717) is 13.0 Å². The minimum atomic E-state index is 0.0803. The van der Waals surface area contributed by atoms with E-state index in [-0.39, 0.29) is 11.3 Å². The molecule has 0 aromatic carbocycles. The van der Waals surface area contributed by atoms with Crippen LogP contribution in [0.5, 0.6) is 0 Å². The Bertz CT molecular complexity index is 612. The molecule has 3 heterocycles. The topological polar surface area (TPSA) is 69.6 Å². The maximum Gasteiger partial charge on any atom is 0.220 e. The summed E-state index contributed by atoms with van der Waals surface area (Å²) in [5.74, 6) is 1.13. The van der Waals surface area contributed by atoms with E-state index in [0.717, 1.165) is 56.2 Å². The van der Waals surface area contributed by atoms with Crippen LogP contribution in [0.1, 0.15) is 37.4 Å². The van der Waals surface area contributed by atoms with Crippen molar-refractivity contribution in [2.24, 2.45) is 10.4 Å². The predicted molar refractivity (Wildman–Crippen MR) is 94.7 cm³/mol. The number of aryl methyl sites for hydroxylation is 1. The Kier molecular flexibility index (Phi) is 5.02. The molecule has 0 aliphatic carbocycles. The highest BCUT2D eigenvalue weighted by Crippen LogP contribution is 2.36. The minimum absolute atomic E-state index is 0.0803. The number of likely N-dealkylation sites (tertiary alicyclic amines) is 1. The number of amides is 1. The molecule has 1 aromatic rings. The van der Waals surface area contributed by atoms with Crippen molar-refractivity contribution < 1.29 is 4.79 Å². The van der Waals surface area contributed by atoms with Crippen molar-refractivity contribution in [3.63, 3.8) is 0 Å². The van der Waals surface area contributed by atoms with Gasteiger partial charge >= 0.3 is 0 Å². The van der Waals surface area contributed by atoms with Gasteiger partial charge < -0.3 is 15.5 Å². The first-order valence-electron chi connectivity index (χ1n) is 8.82. The van der Waals surface area contributed by atoms with E-state index < -0.39 is 0 Å². The van der Waals surface area contributed by atoms with Gasteiger partial charge in [0.1, 0.15) is 0 Å². The van der Waals surface area contributed by atoms with E-state index in [4.69, 9.17) is 4.99 Å². The van der Waals surface area contributed by atoms with Gasteiger partial charge in [-0.1, -0.05) is 6.07 Å². The van der Waals surface area contributed by atoms with Crippen molar-refractivity contribution in [2.45, 2.75) is 39.7 Å². The monoisotopic (exact) mass is 329 g/mol. The second-order valence-electron chi connectivity index (χ2n) is 6.96. The highest BCUT2D eigenvalue weighted by atomic mass is 16.1. The average Bonchev–Trinajstić information content (AvgIpc) is 2.93. The van der Waals surface area contributed by atoms with E-state index in [1.807, 2.05) is 19.2 Å². The molecule has 6 nitrogen and oxygen atoms in total. The Morgan fingerprint density at radius 3 is 3.04 bits per heavy atom. The summed E-state index contributed by atoms with van der Waals surface area (Å²) in [4.78, 5) is 23.1. The number of nitrogens with one attached hydrogen (secondary N) is 2. The van der Waals surface area contributed by atoms with Crippen LogP contribution >= 0.6 is 0 Å². The molecule has 2 fully saturated rings. The molecular weight excluding hydrogens is 302 g/mol. The first-order chi connectivity index (χ1) is 11.6. The zero-order valence-electron chi connectivity index (χ0n) is 14.6. The van der Waals surface area contributed by atoms with Crippen molar-refractivity contribution in [3.05, 3.63) is 29.6 Å². The molecule has 0 radical (unpaired) electrons. The van der Waals surface area contributed by atoms with Crippen molar-refractivity contribution in [1.29, 1.82) is 0 Å². The van der Waals surface area contributed by atoms with E-state index >= 15 is 0 Å². The van der Waals surface area contributed by atoms with Crippen LogP contribution in [0.3, 0.4) is 0 Å². The van der Waals surface area contributed by atoms with Crippen LogP contribution in [-0.2, 0) is 11.3 Å². The number of nitrogens with zero attached hydrogens (tertiary/aromatic N) is 3. The number of aromatic nitrogens is 1. The lowest BCUT2D eigenvalue weighted by atomic mass is 9.79. The molecule has 2 aliphatic rings. The Balaban J connectivity index is 1.71. The molecule has 1 atom stereocenters. The largest absolute Gasteiger partial charge is 0.357 e. The van der Waals surface area contributed by atoms with Gasteiger partial charge in [-0.3, -0.25) is 9.78 Å². The van der Waals surface area contributed by atoms with Gasteiger partial charge in [0, 0.05) is 49.9 Å². The number of guanidine groups is 1. The number of hydrogen-bond donors (Lipinski definition) is 2. The van der Waals surface area contributed by atoms with Gasteiger partial charge in [0.25, 0.3) is 0 Å². The van der Waals surface area contributed by atoms with Gasteiger partial charge in [-0.25, -0.2) is 4.99 Å². The summed E-state index contributed by atoms with van der Waals surface area (Å²) in [7, 11) is 0. The molecule has 0 bridgehead atoms. The standard InChI is InChI=1S/C18H27N5O/c1-3-19-17(21-11-15-6-5-14(2)20-10-15)23-8-4-7-18(13-23)9-16(24)22-12-18/h5-6,10H,3-4,7-9,11-13H2,1-2H3,(H,19,21)(H,22,24). The predicted octanol–water partition coefficient (Wildman–Crippen LogP) is 1.46. The summed E-state index contributed by atoms with van der Waals surface area (Å²) in [5, 5.41) is 6.40. The normalized spacial score (nSPS) is 24.3. The van der Waals surface area contributed by atoms with Crippen molar-refractivity contribution in [2.75, 3.05) is 26.2 Å². The first-order valence-corrected chi connectivity index (χ1v) is 8.82. The summed E-state index contributed by atoms with van der Waals surface area (Å²) in [6.45, 7) is 8.22. The van der Waals surface area contributed by atoms with Crippen molar-refractivity contribution >= 4 is 11.9 Å². The highest BCUT2D eigenvalue weighted by molar-refractivity contribution is 5.81. The maximum absolute atomic E-state index is 11.7. The van der Waals surface area contributed by atoms with Gasteiger partial charge in [0.05, 0.1) is 6.54 Å². The zero-order valence-corrected chi connectivity index (χ0v) is 14.6. The zero-order chi connectivity index (χ0) is 17.0. The van der Waals surface area contributed by atoms with E-state index in [1.165, 1.54) is 0 Å². The lowest BCUT2D eigenvalue weighted by Crippen LogP contribution is -2.51. The molecule has 2 saturated heterocycles. The Morgan fingerprint density at radius 2 is 2.38 bits per heavy atom. The first kappa shape index (κ1) is 16.7. The van der Waals surface area contributed by atoms with Crippen LogP contribution in [-0.4, -0.2) is 47.9 Å². The molecule has 1 aromatic heterocycles. The summed E-state index contributed by atoms with van der Waals surface area (Å²) in [5.41, 5.74) is 2.21. The van der Waals surface area contributed by atoms with Gasteiger partial charge in [0.15, 0.2) is 5.96 Å². The second kappa shape index (κ2) is 7.20. The van der Waals surface area contributed by atoms with E-state index in [2.05, 4.69) is 33.5 Å². The van der Waals surface area contributed by atoms with Gasteiger partial charge in [-0.2, -0.15) is 0 Å². The molecule has 130 valence electrons. The van der Waals surface area contributed by atoms with Crippen LogP contribution < -0.4 is 10.6 Å². The third-order valence-electron chi connectivity index (χ3n) is 4.88. The number of aliphatic imine (C=N–C) groups is 1. The van der Waals surface area contributed by atoms with Crippen LogP contribution in [0.4, 0.5) is 0 Å². The van der Waals surface area contributed by atoms with Crippen LogP contribution in [0, 0.1) is 12.3 Å². The fourth-order valence-electron chi connectivity index (χ4n) is 3.61. The minimum Gasteiger partial charge on any atom is -0.357 e. The number of pyridine rings is 1. The summed E-state index contributed by atoms with van der Waals surface area (Å²) in [6.07, 6.45) is 4.75. The molecule has 1 amide bonds. The number of carbonyl (C=O) groups is 1. The van der Waals surface area contributed by atoms with Gasteiger partial charge in [-0.05, 0) is 38.3 Å². The van der Waals surface area contributed by atoms with E-state index in [1.54, 1.807) is 0 Å². The number of carbonyl (C=O) groups excluding carboxylic acids is 1. The smallest absolute Gasteiger partial charge is 0.220 e. The molecular formula is C18H27N5O. The fraction of sp³-hybridized carbons (Fsp3) is 0.611. The van der Waals surface area contributed by atoms with Crippen LogP contribution in [0.25, 0.3) is 0 Å². The number of hydrogen-bond acceptors (Lipinski definition) is 3. The Morgan fingerprint density at radius 1 is 1.50 bits per heavy atom. The quantitative estimate of drug-likeness (QED) is 0.651. The highest BCUT2D eigenvalue weighted by Gasteiger charge is 2.42. The second-order valence-corrected chi connectivity index (χ2v) is 6.96.